The third kappa shape index (κ3) is 2.61. The highest BCUT2D eigenvalue weighted by molar-refractivity contribution is 7.99. The van der Waals surface area contributed by atoms with Crippen molar-refractivity contribution in [3.63, 3.8) is 0 Å². The first kappa shape index (κ1) is 11.1. The van der Waals surface area contributed by atoms with Gasteiger partial charge in [-0.1, -0.05) is 13.3 Å². The van der Waals surface area contributed by atoms with Gasteiger partial charge in [0, 0.05) is 5.88 Å². The Morgan fingerprint density at radius 2 is 2.21 bits per heavy atom. The molecule has 2 saturated carbocycles. The molecular weight excluding hydrogens is 212 g/mol. The lowest BCUT2D eigenvalue weighted by molar-refractivity contribution is 0.365. The zero-order chi connectivity index (χ0) is 9.97. The van der Waals surface area contributed by atoms with Crippen LogP contribution in [0.4, 0.5) is 0 Å². The molecular formula is C12H21ClS. The minimum Gasteiger partial charge on any atom is -0.161 e. The van der Waals surface area contributed by atoms with Gasteiger partial charge < -0.3 is 0 Å². The molecule has 14 heavy (non-hydrogen) atoms. The van der Waals surface area contributed by atoms with E-state index in [-0.39, 0.29) is 0 Å². The van der Waals surface area contributed by atoms with Gasteiger partial charge in [0.2, 0.25) is 0 Å². The fourth-order valence-corrected chi connectivity index (χ4v) is 4.65. The maximum atomic E-state index is 5.80. The smallest absolute Gasteiger partial charge is 0.0257 e. The standard InChI is InChI=1S/C12H21ClS/c1-9(6-13)7-14-8-12-5-10-2-3-11(12)4-10/h9-12H,2-8H2,1H3. The van der Waals surface area contributed by atoms with Gasteiger partial charge in [-0.25, -0.2) is 0 Å². The van der Waals surface area contributed by atoms with Gasteiger partial charge in [-0.3, -0.25) is 0 Å². The van der Waals surface area contributed by atoms with Crippen molar-refractivity contribution in [2.45, 2.75) is 32.6 Å². The number of rotatable bonds is 5. The highest BCUT2D eigenvalue weighted by atomic mass is 35.5. The van der Waals surface area contributed by atoms with Crippen LogP contribution in [0, 0.1) is 23.7 Å². The summed E-state index contributed by atoms with van der Waals surface area (Å²) in [6.07, 6.45) is 6.15. The molecule has 2 fully saturated rings. The predicted molar refractivity (Wildman–Crippen MR) is 66.1 cm³/mol. The van der Waals surface area contributed by atoms with Crippen LogP contribution in [-0.2, 0) is 0 Å². The van der Waals surface area contributed by atoms with E-state index in [9.17, 15) is 0 Å². The average Bonchev–Trinajstić information content (AvgIpc) is 2.79. The second kappa shape index (κ2) is 5.12. The van der Waals surface area contributed by atoms with E-state index >= 15 is 0 Å². The summed E-state index contributed by atoms with van der Waals surface area (Å²) in [6.45, 7) is 2.25. The highest BCUT2D eigenvalue weighted by Gasteiger charge is 2.38. The summed E-state index contributed by atoms with van der Waals surface area (Å²) >= 11 is 7.94. The fraction of sp³-hybridized carbons (Fsp3) is 1.00. The van der Waals surface area contributed by atoms with Crippen molar-refractivity contribution in [1.29, 1.82) is 0 Å². The second-order valence-electron chi connectivity index (χ2n) is 5.23. The molecule has 0 aromatic carbocycles. The Morgan fingerprint density at radius 3 is 2.79 bits per heavy atom. The first-order valence-corrected chi connectivity index (χ1v) is 7.62. The number of hydrogen-bond donors (Lipinski definition) is 0. The SMILES string of the molecule is CC(CCl)CSCC1CC2CCC1C2. The molecule has 2 bridgehead atoms. The molecule has 0 saturated heterocycles. The van der Waals surface area contributed by atoms with Crippen molar-refractivity contribution < 1.29 is 0 Å². The molecule has 0 aromatic heterocycles. The van der Waals surface area contributed by atoms with Crippen molar-refractivity contribution in [2.24, 2.45) is 23.7 Å². The molecule has 0 aromatic rings. The number of halogens is 1. The molecule has 4 atom stereocenters. The van der Waals surface area contributed by atoms with Crippen molar-refractivity contribution in [3.05, 3.63) is 0 Å². The molecule has 0 aliphatic heterocycles. The van der Waals surface area contributed by atoms with Gasteiger partial charge in [-0.2, -0.15) is 11.8 Å². The molecule has 0 amide bonds. The van der Waals surface area contributed by atoms with Gasteiger partial charge in [0.15, 0.2) is 0 Å². The number of alkyl halides is 1. The van der Waals surface area contributed by atoms with E-state index < -0.39 is 0 Å². The summed E-state index contributed by atoms with van der Waals surface area (Å²) in [6, 6.07) is 0. The van der Waals surface area contributed by atoms with Crippen LogP contribution in [0.25, 0.3) is 0 Å². The van der Waals surface area contributed by atoms with Gasteiger partial charge >= 0.3 is 0 Å². The number of fused-ring (bicyclic) bond motifs is 2. The summed E-state index contributed by atoms with van der Waals surface area (Å²) in [5.74, 6) is 7.44. The van der Waals surface area contributed by atoms with Crippen LogP contribution in [0.1, 0.15) is 32.6 Å². The Labute approximate surface area is 97.2 Å². The van der Waals surface area contributed by atoms with Crippen LogP contribution in [0.2, 0.25) is 0 Å². The number of hydrogen-bond acceptors (Lipinski definition) is 1. The van der Waals surface area contributed by atoms with Crippen LogP contribution < -0.4 is 0 Å². The molecule has 0 spiro atoms. The zero-order valence-electron chi connectivity index (χ0n) is 9.05. The van der Waals surface area contributed by atoms with E-state index in [4.69, 9.17) is 11.6 Å². The topological polar surface area (TPSA) is 0 Å². The second-order valence-corrected chi connectivity index (χ2v) is 6.62. The number of thioether (sulfide) groups is 1. The van der Waals surface area contributed by atoms with E-state index in [1.807, 2.05) is 0 Å². The zero-order valence-corrected chi connectivity index (χ0v) is 10.6. The summed E-state index contributed by atoms with van der Waals surface area (Å²) in [4.78, 5) is 0. The Balaban J connectivity index is 1.62. The monoisotopic (exact) mass is 232 g/mol. The Bertz CT molecular complexity index is 183. The molecule has 2 heteroatoms. The summed E-state index contributed by atoms with van der Waals surface area (Å²) < 4.78 is 0. The largest absolute Gasteiger partial charge is 0.161 e. The van der Waals surface area contributed by atoms with Crippen molar-refractivity contribution in [2.75, 3.05) is 17.4 Å². The van der Waals surface area contributed by atoms with Crippen molar-refractivity contribution >= 4 is 23.4 Å². The van der Waals surface area contributed by atoms with E-state index in [1.165, 1.54) is 30.8 Å². The summed E-state index contributed by atoms with van der Waals surface area (Å²) in [5.41, 5.74) is 0. The summed E-state index contributed by atoms with van der Waals surface area (Å²) in [7, 11) is 0. The van der Waals surface area contributed by atoms with Crippen LogP contribution in [0.15, 0.2) is 0 Å². The van der Waals surface area contributed by atoms with Crippen LogP contribution in [0.3, 0.4) is 0 Å². The van der Waals surface area contributed by atoms with E-state index in [0.717, 1.165) is 23.6 Å². The third-order valence-corrected chi connectivity index (χ3v) is 5.88. The van der Waals surface area contributed by atoms with Gasteiger partial charge in [0.1, 0.15) is 0 Å². The average molecular weight is 233 g/mol. The lowest BCUT2D eigenvalue weighted by Gasteiger charge is -2.21. The minimum atomic E-state index is 0.695. The molecule has 2 aliphatic rings. The van der Waals surface area contributed by atoms with E-state index in [2.05, 4.69) is 18.7 Å². The van der Waals surface area contributed by atoms with Crippen molar-refractivity contribution in [1.82, 2.24) is 0 Å². The molecule has 0 N–H and O–H groups in total. The van der Waals surface area contributed by atoms with E-state index in [0.29, 0.717) is 5.92 Å². The lowest BCUT2D eigenvalue weighted by Crippen LogP contribution is -2.14. The van der Waals surface area contributed by atoms with Crippen LogP contribution in [-0.4, -0.2) is 17.4 Å². The lowest BCUT2D eigenvalue weighted by atomic mass is 9.90. The molecule has 0 nitrogen and oxygen atoms in total. The Kier molecular flexibility index (Phi) is 4.07. The quantitative estimate of drug-likeness (QED) is 0.645. The maximum Gasteiger partial charge on any atom is 0.0257 e. The molecule has 2 aliphatic carbocycles. The van der Waals surface area contributed by atoms with Crippen molar-refractivity contribution in [3.8, 4) is 0 Å². The first-order valence-electron chi connectivity index (χ1n) is 5.93. The van der Waals surface area contributed by atoms with Crippen LogP contribution >= 0.6 is 23.4 Å². The summed E-state index contributed by atoms with van der Waals surface area (Å²) in [5, 5.41) is 0. The molecule has 4 unspecified atom stereocenters. The van der Waals surface area contributed by atoms with Gasteiger partial charge in [0.25, 0.3) is 0 Å². The molecule has 2 rings (SSSR count). The maximum absolute atomic E-state index is 5.80. The van der Waals surface area contributed by atoms with Gasteiger partial charge in [0.05, 0.1) is 0 Å². The molecule has 0 radical (unpaired) electrons. The Morgan fingerprint density at radius 1 is 1.36 bits per heavy atom. The molecule has 0 heterocycles. The minimum absolute atomic E-state index is 0.695. The fourth-order valence-electron chi connectivity index (χ4n) is 3.05. The van der Waals surface area contributed by atoms with Crippen LogP contribution in [0.5, 0.6) is 0 Å². The highest BCUT2D eigenvalue weighted by Crippen LogP contribution is 2.49. The first-order chi connectivity index (χ1) is 6.79. The Hall–Kier alpha value is 0.640. The van der Waals surface area contributed by atoms with Gasteiger partial charge in [-0.05, 0) is 54.4 Å². The molecule has 82 valence electrons. The predicted octanol–water partition coefficient (Wildman–Crippen LogP) is 4.03. The normalized spacial score (nSPS) is 37.7. The van der Waals surface area contributed by atoms with E-state index in [1.54, 1.807) is 6.42 Å². The van der Waals surface area contributed by atoms with Gasteiger partial charge in [-0.15, -0.1) is 11.6 Å². The third-order valence-electron chi connectivity index (χ3n) is 3.88.